The van der Waals surface area contributed by atoms with Crippen molar-refractivity contribution in [2.24, 2.45) is 0 Å². The summed E-state index contributed by atoms with van der Waals surface area (Å²) in [5, 5.41) is 2.30. The number of carbonyl (C=O) groups is 1. The van der Waals surface area contributed by atoms with Crippen LogP contribution in [-0.4, -0.2) is 37.1 Å². The zero-order chi connectivity index (χ0) is 21.2. The minimum atomic E-state index is -4.63. The first-order valence-corrected chi connectivity index (χ1v) is 9.29. The number of anilines is 1. The number of halogens is 4. The molecule has 0 aliphatic carbocycles. The Morgan fingerprint density at radius 2 is 1.86 bits per heavy atom. The lowest BCUT2D eigenvalue weighted by atomic mass is 10.1. The highest BCUT2D eigenvalue weighted by atomic mass is 35.5. The molecule has 0 fully saturated rings. The molecular formula is C20H20ClF3N2O3. The van der Waals surface area contributed by atoms with Crippen LogP contribution in [0.15, 0.2) is 36.4 Å². The molecule has 1 heterocycles. The monoisotopic (exact) mass is 428 g/mol. The molecule has 2 aromatic rings. The molecule has 0 spiro atoms. The van der Waals surface area contributed by atoms with E-state index in [0.29, 0.717) is 31.3 Å². The Kier molecular flexibility index (Phi) is 6.24. The van der Waals surface area contributed by atoms with Crippen LogP contribution >= 0.6 is 11.6 Å². The van der Waals surface area contributed by atoms with Gasteiger partial charge in [-0.25, -0.2) is 0 Å². The van der Waals surface area contributed by atoms with Crippen LogP contribution in [0, 0.1) is 0 Å². The Morgan fingerprint density at radius 3 is 2.55 bits per heavy atom. The molecule has 9 heteroatoms. The van der Waals surface area contributed by atoms with Crippen molar-refractivity contribution in [1.29, 1.82) is 0 Å². The lowest BCUT2D eigenvalue weighted by molar-refractivity contribution is -0.137. The molecule has 1 N–H and O–H groups in total. The Hall–Kier alpha value is -2.45. The smallest absolute Gasteiger partial charge is 0.418 e. The van der Waals surface area contributed by atoms with Gasteiger partial charge in [0.2, 0.25) is 5.91 Å². The van der Waals surface area contributed by atoms with Crippen LogP contribution in [0.1, 0.15) is 18.1 Å². The van der Waals surface area contributed by atoms with Gasteiger partial charge < -0.3 is 14.8 Å². The molecule has 5 nitrogen and oxygen atoms in total. The average Bonchev–Trinajstić information content (AvgIpc) is 2.67. The molecule has 2 aromatic carbocycles. The first-order chi connectivity index (χ1) is 13.6. The fraction of sp³-hybridized carbons (Fsp3) is 0.350. The van der Waals surface area contributed by atoms with Crippen molar-refractivity contribution in [1.82, 2.24) is 4.90 Å². The van der Waals surface area contributed by atoms with Crippen molar-refractivity contribution in [3.05, 3.63) is 52.5 Å². The third-order valence-corrected chi connectivity index (χ3v) is 4.86. The van der Waals surface area contributed by atoms with Crippen LogP contribution in [0.5, 0.6) is 11.5 Å². The van der Waals surface area contributed by atoms with Crippen LogP contribution in [0.2, 0.25) is 5.02 Å². The second-order valence-electron chi connectivity index (χ2n) is 6.75. The summed E-state index contributed by atoms with van der Waals surface area (Å²) in [6.07, 6.45) is -4.63. The Labute approximate surface area is 171 Å². The highest BCUT2D eigenvalue weighted by Gasteiger charge is 2.34. The maximum atomic E-state index is 13.2. The van der Waals surface area contributed by atoms with Gasteiger partial charge in [0.05, 0.1) is 17.3 Å². The highest BCUT2D eigenvalue weighted by Crippen LogP contribution is 2.36. The minimum absolute atomic E-state index is 0.0564. The number of hydrogen-bond acceptors (Lipinski definition) is 4. The largest absolute Gasteiger partial charge is 0.486 e. The number of alkyl halides is 3. The van der Waals surface area contributed by atoms with Crippen molar-refractivity contribution in [3.8, 4) is 11.5 Å². The third-order valence-electron chi connectivity index (χ3n) is 4.62. The SMILES string of the molecule is CC(C(=O)Nc1ccc(Cl)cc1C(F)(F)F)N(C)Cc1ccc2c(c1)OCCO2. The summed E-state index contributed by atoms with van der Waals surface area (Å²) < 4.78 is 50.7. The number of likely N-dealkylation sites (N-methyl/N-ethyl adjacent to an activating group) is 1. The zero-order valence-corrected chi connectivity index (χ0v) is 16.6. The zero-order valence-electron chi connectivity index (χ0n) is 15.8. The van der Waals surface area contributed by atoms with E-state index >= 15 is 0 Å². The maximum Gasteiger partial charge on any atom is 0.418 e. The van der Waals surface area contributed by atoms with E-state index in [1.165, 1.54) is 6.07 Å². The summed E-state index contributed by atoms with van der Waals surface area (Å²) in [4.78, 5) is 14.3. The lowest BCUT2D eigenvalue weighted by Gasteiger charge is -2.25. The maximum absolute atomic E-state index is 13.2. The summed E-state index contributed by atoms with van der Waals surface area (Å²) >= 11 is 5.67. The summed E-state index contributed by atoms with van der Waals surface area (Å²) in [5.41, 5.74) is -0.426. The molecule has 0 radical (unpaired) electrons. The molecule has 0 saturated carbocycles. The molecule has 1 aliphatic heterocycles. The quantitative estimate of drug-likeness (QED) is 0.756. The van der Waals surface area contributed by atoms with Gasteiger partial charge in [-0.05, 0) is 49.9 Å². The summed E-state index contributed by atoms with van der Waals surface area (Å²) in [6.45, 7) is 2.98. The standard InChI is InChI=1S/C20H20ClF3N2O3/c1-12(19(27)25-16-5-4-14(21)10-15(16)20(22,23)24)26(2)11-13-3-6-17-18(9-13)29-8-7-28-17/h3-6,9-10,12H,7-8,11H2,1-2H3,(H,25,27). The molecule has 1 unspecified atom stereocenters. The van der Waals surface area contributed by atoms with E-state index in [4.69, 9.17) is 21.1 Å². The van der Waals surface area contributed by atoms with Crippen molar-refractivity contribution >= 4 is 23.2 Å². The van der Waals surface area contributed by atoms with Crippen LogP contribution in [0.25, 0.3) is 0 Å². The van der Waals surface area contributed by atoms with Crippen molar-refractivity contribution in [2.45, 2.75) is 25.7 Å². The van der Waals surface area contributed by atoms with Gasteiger partial charge in [-0.1, -0.05) is 17.7 Å². The van der Waals surface area contributed by atoms with E-state index in [2.05, 4.69) is 5.32 Å². The number of carbonyl (C=O) groups excluding carboxylic acids is 1. The molecule has 1 amide bonds. The Bertz CT molecular complexity index is 905. The van der Waals surface area contributed by atoms with Gasteiger partial charge in [0.25, 0.3) is 0 Å². The molecule has 0 saturated heterocycles. The van der Waals surface area contributed by atoms with Crippen LogP contribution < -0.4 is 14.8 Å². The van der Waals surface area contributed by atoms with E-state index in [-0.39, 0.29) is 10.7 Å². The van der Waals surface area contributed by atoms with Gasteiger partial charge in [0, 0.05) is 11.6 Å². The fourth-order valence-corrected chi connectivity index (χ4v) is 3.08. The van der Waals surface area contributed by atoms with E-state index in [9.17, 15) is 18.0 Å². The Balaban J connectivity index is 1.69. The lowest BCUT2D eigenvalue weighted by Crippen LogP contribution is -2.39. The van der Waals surface area contributed by atoms with E-state index in [1.54, 1.807) is 24.9 Å². The predicted molar refractivity (Wildman–Crippen MR) is 103 cm³/mol. The predicted octanol–water partition coefficient (Wildman–Crippen LogP) is 4.59. The highest BCUT2D eigenvalue weighted by molar-refractivity contribution is 6.30. The van der Waals surface area contributed by atoms with E-state index in [1.807, 2.05) is 12.1 Å². The minimum Gasteiger partial charge on any atom is -0.486 e. The molecule has 3 rings (SSSR count). The van der Waals surface area contributed by atoms with Gasteiger partial charge in [0.15, 0.2) is 11.5 Å². The number of rotatable bonds is 5. The molecule has 0 bridgehead atoms. The second kappa shape index (κ2) is 8.51. The Morgan fingerprint density at radius 1 is 1.17 bits per heavy atom. The van der Waals surface area contributed by atoms with Crippen molar-refractivity contribution in [2.75, 3.05) is 25.6 Å². The summed E-state index contributed by atoms with van der Waals surface area (Å²) in [7, 11) is 1.72. The first-order valence-electron chi connectivity index (χ1n) is 8.91. The number of nitrogens with one attached hydrogen (secondary N) is 1. The van der Waals surface area contributed by atoms with Crippen LogP contribution in [0.3, 0.4) is 0 Å². The number of ether oxygens (including phenoxy) is 2. The third kappa shape index (κ3) is 5.13. The molecule has 0 aromatic heterocycles. The topological polar surface area (TPSA) is 50.8 Å². The number of hydrogen-bond donors (Lipinski definition) is 1. The van der Waals surface area contributed by atoms with Gasteiger partial charge in [0.1, 0.15) is 13.2 Å². The van der Waals surface area contributed by atoms with E-state index < -0.39 is 23.7 Å². The normalized spacial score (nSPS) is 14.6. The molecule has 1 aliphatic rings. The number of benzene rings is 2. The van der Waals surface area contributed by atoms with Gasteiger partial charge >= 0.3 is 6.18 Å². The second-order valence-corrected chi connectivity index (χ2v) is 7.18. The molecule has 29 heavy (non-hydrogen) atoms. The van der Waals surface area contributed by atoms with Crippen LogP contribution in [-0.2, 0) is 17.5 Å². The van der Waals surface area contributed by atoms with Gasteiger partial charge in [-0.2, -0.15) is 13.2 Å². The number of nitrogens with zero attached hydrogens (tertiary/aromatic N) is 1. The first kappa shape index (κ1) is 21.3. The van der Waals surface area contributed by atoms with Gasteiger partial charge in [-0.15, -0.1) is 0 Å². The van der Waals surface area contributed by atoms with Gasteiger partial charge in [-0.3, -0.25) is 9.69 Å². The van der Waals surface area contributed by atoms with Crippen molar-refractivity contribution < 1.29 is 27.4 Å². The molecular weight excluding hydrogens is 409 g/mol. The summed E-state index contributed by atoms with van der Waals surface area (Å²) in [6, 6.07) is 8.05. The van der Waals surface area contributed by atoms with E-state index in [0.717, 1.165) is 17.7 Å². The van der Waals surface area contributed by atoms with Crippen molar-refractivity contribution in [3.63, 3.8) is 0 Å². The van der Waals surface area contributed by atoms with Crippen LogP contribution in [0.4, 0.5) is 18.9 Å². The molecule has 1 atom stereocenters. The molecule has 156 valence electrons. The summed E-state index contributed by atoms with van der Waals surface area (Å²) in [5.74, 6) is 0.740. The average molecular weight is 429 g/mol. The number of amides is 1. The fourth-order valence-electron chi connectivity index (χ4n) is 2.91. The number of fused-ring (bicyclic) bond motifs is 1.